The summed E-state index contributed by atoms with van der Waals surface area (Å²) in [5.74, 6) is -0.380. The maximum absolute atomic E-state index is 11.6. The predicted molar refractivity (Wildman–Crippen MR) is 87.9 cm³/mol. The highest BCUT2D eigenvalue weighted by molar-refractivity contribution is 5.90. The molecule has 6 nitrogen and oxygen atoms in total. The molecule has 0 aliphatic heterocycles. The molecule has 1 rings (SSSR count). The summed E-state index contributed by atoms with van der Waals surface area (Å²) in [7, 11) is 0. The molecule has 0 bridgehead atoms. The number of unbranched alkanes of at least 4 members (excludes halogenated alkanes) is 5. The molecule has 23 heavy (non-hydrogen) atoms. The van der Waals surface area contributed by atoms with E-state index < -0.39 is 10.9 Å². The number of benzene rings is 1. The summed E-state index contributed by atoms with van der Waals surface area (Å²) in [6.07, 6.45) is 6.72. The van der Waals surface area contributed by atoms with Gasteiger partial charge in [-0.15, -0.1) is 0 Å². The Morgan fingerprint density at radius 2 is 1.83 bits per heavy atom. The highest BCUT2D eigenvalue weighted by Crippen LogP contribution is 2.28. The summed E-state index contributed by atoms with van der Waals surface area (Å²) in [4.78, 5) is 22.2. The number of nitrogens with zero attached hydrogens (tertiary/aromatic N) is 1. The van der Waals surface area contributed by atoms with Crippen molar-refractivity contribution in [2.75, 3.05) is 13.2 Å². The van der Waals surface area contributed by atoms with Crippen molar-refractivity contribution in [3.63, 3.8) is 0 Å². The highest BCUT2D eigenvalue weighted by atomic mass is 16.6. The number of carbonyl (C=O) groups is 1. The van der Waals surface area contributed by atoms with E-state index in [0.29, 0.717) is 6.61 Å². The molecule has 0 unspecified atom stereocenters. The number of carbonyl (C=O) groups excluding carboxylic acids is 1. The molecule has 0 fully saturated rings. The molecule has 0 radical (unpaired) electrons. The molecule has 0 spiro atoms. The molecule has 0 atom stereocenters. The quantitative estimate of drug-likeness (QED) is 0.259. The lowest BCUT2D eigenvalue weighted by Crippen LogP contribution is -2.06. The van der Waals surface area contributed by atoms with Crippen molar-refractivity contribution in [1.29, 1.82) is 0 Å². The third-order valence-corrected chi connectivity index (χ3v) is 3.42. The molecule has 0 aromatic heterocycles. The van der Waals surface area contributed by atoms with Gasteiger partial charge in [-0.2, -0.15) is 0 Å². The minimum absolute atomic E-state index is 0.158. The molecule has 0 aliphatic rings. The van der Waals surface area contributed by atoms with Gasteiger partial charge >= 0.3 is 11.7 Å². The normalized spacial score (nSPS) is 10.3. The fraction of sp³-hybridized carbons (Fsp3) is 0.588. The molecule has 0 N–H and O–H groups in total. The summed E-state index contributed by atoms with van der Waals surface area (Å²) >= 11 is 0. The summed E-state index contributed by atoms with van der Waals surface area (Å²) < 4.78 is 10.4. The van der Waals surface area contributed by atoms with Gasteiger partial charge in [-0.3, -0.25) is 10.1 Å². The second kappa shape index (κ2) is 10.6. The zero-order chi connectivity index (χ0) is 17.1. The van der Waals surface area contributed by atoms with Crippen molar-refractivity contribution in [2.45, 2.75) is 52.4 Å². The summed E-state index contributed by atoms with van der Waals surface area (Å²) in [5.41, 5.74) is -0.0491. The molecule has 1 aromatic rings. The summed E-state index contributed by atoms with van der Waals surface area (Å²) in [6.45, 7) is 4.52. The average molecular weight is 323 g/mol. The van der Waals surface area contributed by atoms with Crippen molar-refractivity contribution < 1.29 is 19.2 Å². The van der Waals surface area contributed by atoms with Crippen LogP contribution < -0.4 is 4.74 Å². The van der Waals surface area contributed by atoms with Crippen LogP contribution in [0.2, 0.25) is 0 Å². The van der Waals surface area contributed by atoms with Gasteiger partial charge in [0.05, 0.1) is 23.7 Å². The largest absolute Gasteiger partial charge is 0.487 e. The van der Waals surface area contributed by atoms with E-state index in [9.17, 15) is 14.9 Å². The first-order valence-corrected chi connectivity index (χ1v) is 8.18. The van der Waals surface area contributed by atoms with Crippen LogP contribution in [0, 0.1) is 10.1 Å². The van der Waals surface area contributed by atoms with E-state index in [2.05, 4.69) is 6.92 Å². The van der Waals surface area contributed by atoms with Gasteiger partial charge in [0.1, 0.15) is 0 Å². The van der Waals surface area contributed by atoms with E-state index in [-0.39, 0.29) is 23.6 Å². The predicted octanol–water partition coefficient (Wildman–Crippen LogP) is 4.51. The first kappa shape index (κ1) is 18.9. The van der Waals surface area contributed by atoms with Crippen LogP contribution in [0.4, 0.5) is 5.69 Å². The first-order chi connectivity index (χ1) is 11.1. The van der Waals surface area contributed by atoms with Crippen molar-refractivity contribution in [2.24, 2.45) is 0 Å². The SMILES string of the molecule is CCCCCCCCOc1ccc(C(=O)OCC)cc1[N+](=O)[O-]. The number of ether oxygens (including phenoxy) is 2. The Balaban J connectivity index is 2.57. The summed E-state index contributed by atoms with van der Waals surface area (Å²) in [6, 6.07) is 4.15. The highest BCUT2D eigenvalue weighted by Gasteiger charge is 2.19. The number of nitro groups is 1. The lowest BCUT2D eigenvalue weighted by molar-refractivity contribution is -0.385. The number of nitro benzene ring substituents is 1. The number of rotatable bonds is 11. The van der Waals surface area contributed by atoms with Crippen molar-refractivity contribution in [3.8, 4) is 5.75 Å². The van der Waals surface area contributed by atoms with Gasteiger partial charge in [-0.25, -0.2) is 4.79 Å². The van der Waals surface area contributed by atoms with Crippen LogP contribution in [0.1, 0.15) is 62.7 Å². The van der Waals surface area contributed by atoms with Gasteiger partial charge in [0, 0.05) is 6.07 Å². The van der Waals surface area contributed by atoms with Crippen LogP contribution in [0.25, 0.3) is 0 Å². The van der Waals surface area contributed by atoms with Gasteiger partial charge in [0.2, 0.25) is 0 Å². The van der Waals surface area contributed by atoms with Crippen LogP contribution in [-0.2, 0) is 4.74 Å². The molecule has 0 saturated carbocycles. The monoisotopic (exact) mass is 323 g/mol. The minimum Gasteiger partial charge on any atom is -0.487 e. The van der Waals surface area contributed by atoms with E-state index in [1.54, 1.807) is 6.92 Å². The Kier molecular flexibility index (Phi) is 8.72. The van der Waals surface area contributed by atoms with Crippen LogP contribution in [0.15, 0.2) is 18.2 Å². The molecule has 0 saturated heterocycles. The zero-order valence-electron chi connectivity index (χ0n) is 13.9. The Morgan fingerprint density at radius 3 is 2.48 bits per heavy atom. The smallest absolute Gasteiger partial charge is 0.338 e. The van der Waals surface area contributed by atoms with E-state index in [4.69, 9.17) is 9.47 Å². The van der Waals surface area contributed by atoms with Gasteiger partial charge in [0.15, 0.2) is 5.75 Å². The van der Waals surface area contributed by atoms with Gasteiger partial charge in [-0.05, 0) is 25.5 Å². The van der Waals surface area contributed by atoms with Gasteiger partial charge in [0.25, 0.3) is 0 Å². The van der Waals surface area contributed by atoms with Crippen LogP contribution >= 0.6 is 0 Å². The molecular formula is C17H25NO5. The van der Waals surface area contributed by atoms with E-state index in [1.807, 2.05) is 0 Å². The molecule has 0 amide bonds. The zero-order valence-corrected chi connectivity index (χ0v) is 13.9. The average Bonchev–Trinajstić information content (AvgIpc) is 2.54. The van der Waals surface area contributed by atoms with Gasteiger partial charge < -0.3 is 9.47 Å². The van der Waals surface area contributed by atoms with Crippen molar-refractivity contribution >= 4 is 11.7 Å². The Bertz CT molecular complexity index is 516. The van der Waals surface area contributed by atoms with E-state index in [1.165, 1.54) is 37.5 Å². The summed E-state index contributed by atoms with van der Waals surface area (Å²) in [5, 5.41) is 11.1. The Labute approximate surface area is 136 Å². The number of hydrogen-bond donors (Lipinski definition) is 0. The first-order valence-electron chi connectivity index (χ1n) is 8.18. The van der Waals surface area contributed by atoms with Gasteiger partial charge in [-0.1, -0.05) is 39.0 Å². The maximum Gasteiger partial charge on any atom is 0.338 e. The third kappa shape index (κ3) is 6.67. The molecule has 6 heteroatoms. The van der Waals surface area contributed by atoms with E-state index >= 15 is 0 Å². The van der Waals surface area contributed by atoms with Crippen LogP contribution in [0.3, 0.4) is 0 Å². The van der Waals surface area contributed by atoms with E-state index in [0.717, 1.165) is 19.3 Å². The Morgan fingerprint density at radius 1 is 1.13 bits per heavy atom. The molecule has 1 aromatic carbocycles. The van der Waals surface area contributed by atoms with Crippen LogP contribution in [-0.4, -0.2) is 24.1 Å². The van der Waals surface area contributed by atoms with Crippen molar-refractivity contribution in [3.05, 3.63) is 33.9 Å². The molecule has 0 aliphatic carbocycles. The standard InChI is InChI=1S/C17H25NO5/c1-3-5-6-7-8-9-12-23-16-11-10-14(17(19)22-4-2)13-15(16)18(20)21/h10-11,13H,3-9,12H2,1-2H3. The maximum atomic E-state index is 11.6. The second-order valence-electron chi connectivity index (χ2n) is 5.28. The third-order valence-electron chi connectivity index (χ3n) is 3.42. The number of esters is 1. The minimum atomic E-state index is -0.571. The van der Waals surface area contributed by atoms with Crippen LogP contribution in [0.5, 0.6) is 5.75 Å². The molecule has 128 valence electrons. The fourth-order valence-corrected chi connectivity index (χ4v) is 2.19. The molecule has 0 heterocycles. The Hall–Kier alpha value is -2.11. The lowest BCUT2D eigenvalue weighted by Gasteiger charge is -2.08. The number of hydrogen-bond acceptors (Lipinski definition) is 5. The lowest BCUT2D eigenvalue weighted by atomic mass is 10.1. The fourth-order valence-electron chi connectivity index (χ4n) is 2.19. The topological polar surface area (TPSA) is 78.7 Å². The van der Waals surface area contributed by atoms with Crippen molar-refractivity contribution in [1.82, 2.24) is 0 Å². The second-order valence-corrected chi connectivity index (χ2v) is 5.28. The molecular weight excluding hydrogens is 298 g/mol.